The zero-order chi connectivity index (χ0) is 25.3. The van der Waals surface area contributed by atoms with Crippen molar-refractivity contribution in [2.45, 2.75) is 12.8 Å². The van der Waals surface area contributed by atoms with Crippen LogP contribution in [0, 0.1) is 10.1 Å². The first-order valence-corrected chi connectivity index (χ1v) is 13.2. The van der Waals surface area contributed by atoms with E-state index in [1.165, 1.54) is 6.07 Å². The van der Waals surface area contributed by atoms with Crippen molar-refractivity contribution in [3.63, 3.8) is 0 Å². The molecule has 8 heteroatoms. The lowest BCUT2D eigenvalue weighted by Gasteiger charge is -2.36. The van der Waals surface area contributed by atoms with Crippen LogP contribution in [0.15, 0.2) is 71.2 Å². The predicted molar refractivity (Wildman–Crippen MR) is 151 cm³/mol. The van der Waals surface area contributed by atoms with E-state index in [9.17, 15) is 10.1 Å². The Labute approximate surface area is 225 Å². The Balaban J connectivity index is 1.26. The van der Waals surface area contributed by atoms with Crippen LogP contribution in [0.1, 0.15) is 24.0 Å². The molecule has 0 radical (unpaired) electrons. The molecule has 0 amide bonds. The first-order chi connectivity index (χ1) is 17.5. The van der Waals surface area contributed by atoms with Gasteiger partial charge in [-0.05, 0) is 49.2 Å². The van der Waals surface area contributed by atoms with Gasteiger partial charge in [-0.15, -0.1) is 0 Å². The van der Waals surface area contributed by atoms with Gasteiger partial charge in [0.25, 0.3) is 5.69 Å². The molecule has 6 nitrogen and oxygen atoms in total. The van der Waals surface area contributed by atoms with Gasteiger partial charge in [0.15, 0.2) is 0 Å². The van der Waals surface area contributed by atoms with Gasteiger partial charge in [0.05, 0.1) is 22.2 Å². The molecular formula is C28H29BrClN3O3. The second-order valence-electron chi connectivity index (χ2n) is 8.67. The molecule has 3 aromatic carbocycles. The van der Waals surface area contributed by atoms with Crippen LogP contribution in [-0.4, -0.2) is 49.2 Å². The van der Waals surface area contributed by atoms with Gasteiger partial charge in [0.2, 0.25) is 0 Å². The fourth-order valence-electron chi connectivity index (χ4n) is 4.24. The van der Waals surface area contributed by atoms with Crippen LogP contribution in [0.5, 0.6) is 5.75 Å². The molecule has 0 atom stereocenters. The number of anilines is 1. The zero-order valence-corrected chi connectivity index (χ0v) is 22.3. The van der Waals surface area contributed by atoms with Gasteiger partial charge in [0, 0.05) is 48.3 Å². The van der Waals surface area contributed by atoms with Crippen LogP contribution >= 0.6 is 27.5 Å². The number of unbranched alkanes of at least 4 members (excludes halogenated alkanes) is 1. The number of non-ortho nitro benzene ring substituents is 1. The zero-order valence-electron chi connectivity index (χ0n) is 20.0. The molecule has 1 saturated heterocycles. The SMILES string of the molecule is O=[N+]([O-])c1ccc(OCCCCN2CCN(c3ccccc3Cl)CC2)c(C=Cc2ccccc2Br)c1. The molecule has 4 rings (SSSR count). The van der Waals surface area contributed by atoms with Crippen molar-refractivity contribution in [3.05, 3.63) is 97.5 Å². The van der Waals surface area contributed by atoms with E-state index in [2.05, 4.69) is 31.8 Å². The fraction of sp³-hybridized carbons (Fsp3) is 0.286. The number of hydrogen-bond donors (Lipinski definition) is 0. The van der Waals surface area contributed by atoms with Crippen LogP contribution < -0.4 is 9.64 Å². The van der Waals surface area contributed by atoms with Crippen LogP contribution in [0.3, 0.4) is 0 Å². The number of hydrogen-bond acceptors (Lipinski definition) is 5. The molecule has 0 bridgehead atoms. The number of halogens is 2. The maximum Gasteiger partial charge on any atom is 0.270 e. The third-order valence-corrected chi connectivity index (χ3v) is 7.29. The molecule has 0 unspecified atom stereocenters. The number of piperazine rings is 1. The second-order valence-corrected chi connectivity index (χ2v) is 9.93. The molecular weight excluding hydrogens is 542 g/mol. The molecule has 1 aliphatic heterocycles. The van der Waals surface area contributed by atoms with Crippen molar-refractivity contribution in [1.82, 2.24) is 4.90 Å². The number of nitro groups is 1. The Morgan fingerprint density at radius 2 is 1.67 bits per heavy atom. The minimum atomic E-state index is -0.384. The highest BCUT2D eigenvalue weighted by molar-refractivity contribution is 9.10. The largest absolute Gasteiger partial charge is 0.493 e. The number of rotatable bonds is 10. The topological polar surface area (TPSA) is 58.9 Å². The lowest BCUT2D eigenvalue weighted by Crippen LogP contribution is -2.46. The van der Waals surface area contributed by atoms with Gasteiger partial charge >= 0.3 is 0 Å². The summed E-state index contributed by atoms with van der Waals surface area (Å²) in [6.45, 7) is 5.55. The molecule has 36 heavy (non-hydrogen) atoms. The average molecular weight is 571 g/mol. The third kappa shape index (κ3) is 7.09. The van der Waals surface area contributed by atoms with E-state index in [-0.39, 0.29) is 10.6 Å². The number of nitrogens with zero attached hydrogens (tertiary/aromatic N) is 3. The first-order valence-electron chi connectivity index (χ1n) is 12.1. The van der Waals surface area contributed by atoms with E-state index in [0.29, 0.717) is 17.9 Å². The van der Waals surface area contributed by atoms with Gasteiger partial charge in [-0.2, -0.15) is 0 Å². The second kappa shape index (κ2) is 12.9. The minimum Gasteiger partial charge on any atom is -0.493 e. The quantitative estimate of drug-likeness (QED) is 0.112. The molecule has 0 aliphatic carbocycles. The van der Waals surface area contributed by atoms with E-state index >= 15 is 0 Å². The standard InChI is InChI=1S/C28H29BrClN3O3/c29-25-8-2-1-7-22(25)11-12-23-21-24(33(34)35)13-14-28(23)36-20-6-5-15-31-16-18-32(19-17-31)27-10-4-3-9-26(27)30/h1-4,7-14,21H,5-6,15-20H2. The lowest BCUT2D eigenvalue weighted by atomic mass is 10.1. The molecule has 1 aliphatic rings. The van der Waals surface area contributed by atoms with Crippen molar-refractivity contribution < 1.29 is 9.66 Å². The maximum atomic E-state index is 11.3. The first kappa shape index (κ1) is 26.2. The van der Waals surface area contributed by atoms with E-state index in [1.54, 1.807) is 12.1 Å². The van der Waals surface area contributed by atoms with E-state index in [4.69, 9.17) is 16.3 Å². The summed E-state index contributed by atoms with van der Waals surface area (Å²) in [5.41, 5.74) is 2.84. The van der Waals surface area contributed by atoms with E-state index in [1.807, 2.05) is 54.6 Å². The number of nitro benzene ring substituents is 1. The summed E-state index contributed by atoms with van der Waals surface area (Å²) in [5.74, 6) is 0.650. The number of benzene rings is 3. The van der Waals surface area contributed by atoms with Crippen molar-refractivity contribution in [1.29, 1.82) is 0 Å². The van der Waals surface area contributed by atoms with E-state index in [0.717, 1.165) is 66.3 Å². The summed E-state index contributed by atoms with van der Waals surface area (Å²) < 4.78 is 7.00. The Kier molecular flexibility index (Phi) is 9.39. The Bertz CT molecular complexity index is 1210. The Morgan fingerprint density at radius 1 is 0.944 bits per heavy atom. The highest BCUT2D eigenvalue weighted by Crippen LogP contribution is 2.28. The Hall–Kier alpha value is -2.87. The van der Waals surface area contributed by atoms with Gasteiger partial charge in [-0.1, -0.05) is 70.0 Å². The summed E-state index contributed by atoms with van der Waals surface area (Å²) in [4.78, 5) is 15.7. The van der Waals surface area contributed by atoms with Gasteiger partial charge < -0.3 is 9.64 Å². The number of ether oxygens (including phenoxy) is 1. The van der Waals surface area contributed by atoms with Crippen molar-refractivity contribution in [2.75, 3.05) is 44.2 Å². The molecule has 3 aromatic rings. The minimum absolute atomic E-state index is 0.0464. The summed E-state index contributed by atoms with van der Waals surface area (Å²) in [6.07, 6.45) is 5.73. The lowest BCUT2D eigenvalue weighted by molar-refractivity contribution is -0.384. The van der Waals surface area contributed by atoms with Gasteiger partial charge in [-0.3, -0.25) is 15.0 Å². The van der Waals surface area contributed by atoms with E-state index < -0.39 is 0 Å². The smallest absolute Gasteiger partial charge is 0.270 e. The van der Waals surface area contributed by atoms with Crippen LogP contribution in [-0.2, 0) is 0 Å². The predicted octanol–water partition coefficient (Wildman–Crippen LogP) is 7.16. The van der Waals surface area contributed by atoms with Crippen molar-refractivity contribution in [3.8, 4) is 5.75 Å². The summed E-state index contributed by atoms with van der Waals surface area (Å²) in [6, 6.07) is 20.6. The van der Waals surface area contributed by atoms with Crippen molar-refractivity contribution in [2.24, 2.45) is 0 Å². The highest BCUT2D eigenvalue weighted by atomic mass is 79.9. The molecule has 1 heterocycles. The molecule has 0 saturated carbocycles. The summed E-state index contributed by atoms with van der Waals surface area (Å²) in [5, 5.41) is 12.1. The van der Waals surface area contributed by atoms with Crippen LogP contribution in [0.25, 0.3) is 12.2 Å². The van der Waals surface area contributed by atoms with Crippen LogP contribution in [0.2, 0.25) is 5.02 Å². The summed E-state index contributed by atoms with van der Waals surface area (Å²) in [7, 11) is 0. The molecule has 0 N–H and O–H groups in total. The molecule has 1 fully saturated rings. The number of para-hydroxylation sites is 1. The molecule has 0 aromatic heterocycles. The van der Waals surface area contributed by atoms with Gasteiger partial charge in [0.1, 0.15) is 5.75 Å². The average Bonchev–Trinajstić information content (AvgIpc) is 2.89. The third-order valence-electron chi connectivity index (χ3n) is 6.24. The van der Waals surface area contributed by atoms with Crippen molar-refractivity contribution >= 4 is 51.1 Å². The Morgan fingerprint density at radius 3 is 2.42 bits per heavy atom. The normalized spacial score (nSPS) is 14.3. The molecule has 188 valence electrons. The maximum absolute atomic E-state index is 11.3. The monoisotopic (exact) mass is 569 g/mol. The highest BCUT2D eigenvalue weighted by Gasteiger charge is 2.18. The van der Waals surface area contributed by atoms with Gasteiger partial charge in [-0.25, -0.2) is 0 Å². The fourth-order valence-corrected chi connectivity index (χ4v) is 4.91. The molecule has 0 spiro atoms. The summed E-state index contributed by atoms with van der Waals surface area (Å²) >= 11 is 9.88. The van der Waals surface area contributed by atoms with Crippen LogP contribution in [0.4, 0.5) is 11.4 Å².